The summed E-state index contributed by atoms with van der Waals surface area (Å²) in [5.74, 6) is 0.180. The third kappa shape index (κ3) is 1.31. The van der Waals surface area contributed by atoms with Gasteiger partial charge in [0.15, 0.2) is 0 Å². The summed E-state index contributed by atoms with van der Waals surface area (Å²) in [5.41, 5.74) is 5.41. The van der Waals surface area contributed by atoms with Gasteiger partial charge in [-0.3, -0.25) is 0 Å². The van der Waals surface area contributed by atoms with Crippen LogP contribution in [0, 0.1) is 0 Å². The number of sulfonamides is 1. The van der Waals surface area contributed by atoms with E-state index in [2.05, 4.69) is 0 Å². The van der Waals surface area contributed by atoms with Crippen molar-refractivity contribution < 1.29 is 8.42 Å². The predicted octanol–water partition coefficient (Wildman–Crippen LogP) is -1.02. The van der Waals surface area contributed by atoms with Crippen LogP contribution < -0.4 is 5.73 Å². The van der Waals surface area contributed by atoms with E-state index in [0.717, 1.165) is 0 Å². The highest BCUT2D eigenvalue weighted by molar-refractivity contribution is 7.89. The average Bonchev–Trinajstić information content (AvgIpc) is 1.81. The maximum Gasteiger partial charge on any atom is 0.213 e. The van der Waals surface area contributed by atoms with Crippen LogP contribution in [-0.4, -0.2) is 37.6 Å². The molecule has 0 saturated carbocycles. The van der Waals surface area contributed by atoms with Gasteiger partial charge in [-0.05, 0) is 6.92 Å². The first-order valence-electron chi connectivity index (χ1n) is 3.29. The fraction of sp³-hybridized carbons (Fsp3) is 1.00. The Kier molecular flexibility index (Phi) is 1.98. The maximum atomic E-state index is 11.0. The van der Waals surface area contributed by atoms with Gasteiger partial charge in [-0.2, -0.15) is 4.31 Å². The summed E-state index contributed by atoms with van der Waals surface area (Å²) in [6, 6.07) is 0.0568. The Bertz CT molecular complexity index is 206. The smallest absolute Gasteiger partial charge is 0.213 e. The number of rotatable bonds is 2. The minimum Gasteiger partial charge on any atom is -0.325 e. The van der Waals surface area contributed by atoms with E-state index in [1.54, 1.807) is 6.92 Å². The molecular formula is C5H12N2O2S. The van der Waals surface area contributed by atoms with Crippen LogP contribution in [0.5, 0.6) is 0 Å². The Balaban J connectivity index is 2.53. The molecule has 0 amide bonds. The van der Waals surface area contributed by atoms with Gasteiger partial charge in [0.2, 0.25) is 10.0 Å². The van der Waals surface area contributed by atoms with Gasteiger partial charge in [0.05, 0.1) is 5.75 Å². The molecule has 0 aromatic carbocycles. The van der Waals surface area contributed by atoms with Crippen molar-refractivity contribution in [2.24, 2.45) is 5.73 Å². The zero-order valence-electron chi connectivity index (χ0n) is 5.95. The number of hydrogen-bond acceptors (Lipinski definition) is 3. The summed E-state index contributed by atoms with van der Waals surface area (Å²) in [6.45, 7) is 2.63. The average molecular weight is 164 g/mol. The Hall–Kier alpha value is -0.130. The molecule has 0 atom stereocenters. The normalized spacial score (nSPS) is 22.6. The minimum absolute atomic E-state index is 0.0568. The van der Waals surface area contributed by atoms with Crippen LogP contribution in [0.15, 0.2) is 0 Å². The Morgan fingerprint density at radius 2 is 2.10 bits per heavy atom. The van der Waals surface area contributed by atoms with Crippen molar-refractivity contribution >= 4 is 10.0 Å². The van der Waals surface area contributed by atoms with Gasteiger partial charge in [-0.25, -0.2) is 8.42 Å². The lowest BCUT2D eigenvalue weighted by Crippen LogP contribution is -2.58. The zero-order chi connectivity index (χ0) is 7.78. The van der Waals surface area contributed by atoms with Gasteiger partial charge in [0.25, 0.3) is 0 Å². The topological polar surface area (TPSA) is 63.4 Å². The number of nitrogens with zero attached hydrogens (tertiary/aromatic N) is 1. The van der Waals surface area contributed by atoms with Crippen molar-refractivity contribution in [3.8, 4) is 0 Å². The summed E-state index contributed by atoms with van der Waals surface area (Å²) in [6.07, 6.45) is 0. The molecule has 0 bridgehead atoms. The highest BCUT2D eigenvalue weighted by atomic mass is 32.2. The van der Waals surface area contributed by atoms with Crippen molar-refractivity contribution in [1.82, 2.24) is 4.31 Å². The first-order valence-corrected chi connectivity index (χ1v) is 4.90. The standard InChI is InChI=1S/C5H12N2O2S/c1-2-10(8,9)7-3-5(6)4-7/h5H,2-4,6H2,1H3. The fourth-order valence-corrected chi connectivity index (χ4v) is 2.08. The highest BCUT2D eigenvalue weighted by Gasteiger charge is 2.31. The van der Waals surface area contributed by atoms with Crippen molar-refractivity contribution in [1.29, 1.82) is 0 Å². The third-order valence-electron chi connectivity index (χ3n) is 1.63. The summed E-state index contributed by atoms with van der Waals surface area (Å²) >= 11 is 0. The van der Waals surface area contributed by atoms with E-state index in [-0.39, 0.29) is 11.8 Å². The van der Waals surface area contributed by atoms with Gasteiger partial charge in [-0.1, -0.05) is 0 Å². The minimum atomic E-state index is -2.94. The monoisotopic (exact) mass is 164 g/mol. The van der Waals surface area contributed by atoms with Gasteiger partial charge >= 0.3 is 0 Å². The molecule has 1 fully saturated rings. The van der Waals surface area contributed by atoms with Crippen LogP contribution in [0.4, 0.5) is 0 Å². The molecule has 1 heterocycles. The van der Waals surface area contributed by atoms with Gasteiger partial charge < -0.3 is 5.73 Å². The molecule has 0 aliphatic carbocycles. The van der Waals surface area contributed by atoms with Crippen LogP contribution in [0.3, 0.4) is 0 Å². The Labute approximate surface area is 61.1 Å². The van der Waals surface area contributed by atoms with E-state index in [0.29, 0.717) is 13.1 Å². The fourth-order valence-electron chi connectivity index (χ4n) is 0.879. The molecular weight excluding hydrogens is 152 g/mol. The van der Waals surface area contributed by atoms with E-state index >= 15 is 0 Å². The van der Waals surface area contributed by atoms with Gasteiger partial charge in [0, 0.05) is 19.1 Å². The van der Waals surface area contributed by atoms with Crippen molar-refractivity contribution in [3.63, 3.8) is 0 Å². The lowest BCUT2D eigenvalue weighted by Gasteiger charge is -2.35. The largest absolute Gasteiger partial charge is 0.325 e. The maximum absolute atomic E-state index is 11.0. The summed E-state index contributed by atoms with van der Waals surface area (Å²) in [7, 11) is -2.94. The number of nitrogens with two attached hydrogens (primary N) is 1. The molecule has 1 rings (SSSR count). The first-order chi connectivity index (χ1) is 4.56. The second-order valence-electron chi connectivity index (χ2n) is 2.48. The third-order valence-corrected chi connectivity index (χ3v) is 3.45. The molecule has 0 unspecified atom stereocenters. The summed E-state index contributed by atoms with van der Waals surface area (Å²) in [5, 5.41) is 0. The zero-order valence-corrected chi connectivity index (χ0v) is 6.76. The Morgan fingerprint density at radius 1 is 1.60 bits per heavy atom. The second-order valence-corrected chi connectivity index (χ2v) is 4.74. The van der Waals surface area contributed by atoms with Crippen molar-refractivity contribution in [2.75, 3.05) is 18.8 Å². The summed E-state index contributed by atoms with van der Waals surface area (Å²) in [4.78, 5) is 0. The van der Waals surface area contributed by atoms with Crippen LogP contribution in [0.2, 0.25) is 0 Å². The molecule has 4 nitrogen and oxygen atoms in total. The van der Waals surface area contributed by atoms with Crippen molar-refractivity contribution in [2.45, 2.75) is 13.0 Å². The molecule has 0 aromatic heterocycles. The molecule has 5 heteroatoms. The molecule has 0 radical (unpaired) electrons. The van der Waals surface area contributed by atoms with Crippen LogP contribution >= 0.6 is 0 Å². The van der Waals surface area contributed by atoms with E-state index in [1.807, 2.05) is 0 Å². The second kappa shape index (κ2) is 2.48. The van der Waals surface area contributed by atoms with Crippen LogP contribution in [0.25, 0.3) is 0 Å². The molecule has 0 aromatic rings. The van der Waals surface area contributed by atoms with Crippen LogP contribution in [0.1, 0.15) is 6.92 Å². The van der Waals surface area contributed by atoms with Gasteiger partial charge in [-0.15, -0.1) is 0 Å². The van der Waals surface area contributed by atoms with Gasteiger partial charge in [0.1, 0.15) is 0 Å². The van der Waals surface area contributed by atoms with E-state index in [1.165, 1.54) is 4.31 Å². The first kappa shape index (κ1) is 7.97. The van der Waals surface area contributed by atoms with E-state index in [4.69, 9.17) is 5.73 Å². The lowest BCUT2D eigenvalue weighted by molar-refractivity contribution is 0.266. The molecule has 2 N–H and O–H groups in total. The quantitative estimate of drug-likeness (QED) is 0.568. The molecule has 10 heavy (non-hydrogen) atoms. The molecule has 1 aliphatic heterocycles. The number of hydrogen-bond donors (Lipinski definition) is 1. The summed E-state index contributed by atoms with van der Waals surface area (Å²) < 4.78 is 23.4. The van der Waals surface area contributed by atoms with Crippen LogP contribution in [-0.2, 0) is 10.0 Å². The Morgan fingerprint density at radius 3 is 2.40 bits per heavy atom. The van der Waals surface area contributed by atoms with E-state index < -0.39 is 10.0 Å². The lowest BCUT2D eigenvalue weighted by atomic mass is 10.2. The molecule has 1 aliphatic rings. The van der Waals surface area contributed by atoms with Crippen molar-refractivity contribution in [3.05, 3.63) is 0 Å². The van der Waals surface area contributed by atoms with E-state index in [9.17, 15) is 8.42 Å². The molecule has 60 valence electrons. The highest BCUT2D eigenvalue weighted by Crippen LogP contribution is 2.11. The molecule has 1 saturated heterocycles. The SMILES string of the molecule is CCS(=O)(=O)N1CC(N)C1. The molecule has 0 spiro atoms. The predicted molar refractivity (Wildman–Crippen MR) is 39.0 cm³/mol.